The van der Waals surface area contributed by atoms with E-state index in [1.807, 2.05) is 20.8 Å². The second kappa shape index (κ2) is 16.3. The fourth-order valence-electron chi connectivity index (χ4n) is 3.88. The van der Waals surface area contributed by atoms with Crippen LogP contribution >= 0.6 is 11.6 Å². The Kier molecular flexibility index (Phi) is 13.2. The molecule has 0 heterocycles. The van der Waals surface area contributed by atoms with Gasteiger partial charge in [0.2, 0.25) is 0 Å². The van der Waals surface area contributed by atoms with Crippen LogP contribution in [0.4, 0.5) is 23.7 Å². The van der Waals surface area contributed by atoms with Gasteiger partial charge in [-0.1, -0.05) is 80.9 Å². The summed E-state index contributed by atoms with van der Waals surface area (Å²) in [4.78, 5) is 25.2. The standard InChI is InChI=1S/C29H29ClF3N5O3.C2H6/c1-2-18-7-9-19(10-8-18)26(35)38(14-13-29(31,32)33)28(41)37-17-24(34)22-12-11-20(27(39)40)15-25(22)36-16-21-5-3-4-6-23(21)30;1-2/h3-12,15,34-36H,2,13-14,16-17H2,1H3,(H,37,41)(H,39,40);1-2H3. The fraction of sp³-hybridized carbons (Fsp3) is 0.290. The Labute approximate surface area is 253 Å². The summed E-state index contributed by atoms with van der Waals surface area (Å²) >= 11 is 6.21. The van der Waals surface area contributed by atoms with Crippen LogP contribution in [-0.2, 0) is 13.0 Å². The van der Waals surface area contributed by atoms with Gasteiger partial charge in [0.15, 0.2) is 0 Å². The maximum Gasteiger partial charge on any atom is 0.390 e. The van der Waals surface area contributed by atoms with Gasteiger partial charge in [0.05, 0.1) is 24.2 Å². The molecule has 43 heavy (non-hydrogen) atoms. The van der Waals surface area contributed by atoms with E-state index in [0.29, 0.717) is 15.6 Å². The smallest absolute Gasteiger partial charge is 0.390 e. The fourth-order valence-corrected chi connectivity index (χ4v) is 4.08. The summed E-state index contributed by atoms with van der Waals surface area (Å²) in [5.74, 6) is -1.59. The molecule has 0 aromatic heterocycles. The number of carbonyl (C=O) groups excluding carboxylic acids is 1. The minimum absolute atomic E-state index is 0.0342. The van der Waals surface area contributed by atoms with Crippen molar-refractivity contribution < 1.29 is 27.9 Å². The minimum Gasteiger partial charge on any atom is -0.478 e. The van der Waals surface area contributed by atoms with Gasteiger partial charge in [0.1, 0.15) is 5.84 Å². The van der Waals surface area contributed by atoms with Gasteiger partial charge in [0, 0.05) is 34.9 Å². The first kappa shape index (κ1) is 34.8. The number of hydrogen-bond acceptors (Lipinski definition) is 5. The molecule has 0 saturated heterocycles. The molecule has 0 spiro atoms. The average molecular weight is 618 g/mol. The molecular weight excluding hydrogens is 583 g/mol. The number of anilines is 1. The number of alkyl halides is 3. The second-order valence-corrected chi connectivity index (χ2v) is 9.47. The first-order valence-corrected chi connectivity index (χ1v) is 14.0. The van der Waals surface area contributed by atoms with Crippen LogP contribution in [0, 0.1) is 10.8 Å². The highest BCUT2D eigenvalue weighted by molar-refractivity contribution is 6.31. The van der Waals surface area contributed by atoms with Crippen LogP contribution in [0.15, 0.2) is 66.7 Å². The minimum atomic E-state index is -4.55. The number of aryl methyl sites for hydroxylation is 1. The van der Waals surface area contributed by atoms with Gasteiger partial charge in [-0.15, -0.1) is 0 Å². The van der Waals surface area contributed by atoms with Gasteiger partial charge in [0.25, 0.3) is 0 Å². The van der Waals surface area contributed by atoms with Crippen molar-refractivity contribution in [1.82, 2.24) is 10.2 Å². The van der Waals surface area contributed by atoms with Crippen LogP contribution in [-0.4, -0.2) is 52.8 Å². The third-order valence-electron chi connectivity index (χ3n) is 6.20. The lowest BCUT2D eigenvalue weighted by Crippen LogP contribution is -2.46. The quantitative estimate of drug-likeness (QED) is 0.112. The summed E-state index contributed by atoms with van der Waals surface area (Å²) < 4.78 is 39.0. The number of nitrogens with zero attached hydrogens (tertiary/aromatic N) is 1. The molecule has 230 valence electrons. The molecule has 5 N–H and O–H groups in total. The van der Waals surface area contributed by atoms with Crippen molar-refractivity contribution in [1.29, 1.82) is 10.8 Å². The van der Waals surface area contributed by atoms with Gasteiger partial charge in [-0.2, -0.15) is 13.2 Å². The van der Waals surface area contributed by atoms with Crippen LogP contribution in [0.2, 0.25) is 5.02 Å². The number of carboxylic acid groups (broad SMARTS) is 1. The van der Waals surface area contributed by atoms with E-state index in [-0.39, 0.29) is 28.9 Å². The molecule has 0 fully saturated rings. The molecule has 8 nitrogen and oxygen atoms in total. The summed E-state index contributed by atoms with van der Waals surface area (Å²) in [6, 6.07) is 16.7. The maximum atomic E-state index is 13.0. The number of benzene rings is 3. The predicted molar refractivity (Wildman–Crippen MR) is 164 cm³/mol. The zero-order valence-electron chi connectivity index (χ0n) is 24.1. The third-order valence-corrected chi connectivity index (χ3v) is 6.57. The number of amides is 2. The zero-order chi connectivity index (χ0) is 32.2. The van der Waals surface area contributed by atoms with E-state index in [4.69, 9.17) is 22.4 Å². The maximum absolute atomic E-state index is 13.0. The SMILES string of the molecule is CC.CCc1ccc(C(=N)N(CCC(F)(F)F)C(=O)NCC(=N)c2ccc(C(=O)O)cc2NCc2ccccc2Cl)cc1. The normalized spacial score (nSPS) is 10.7. The van der Waals surface area contributed by atoms with Crippen LogP contribution < -0.4 is 10.6 Å². The summed E-state index contributed by atoms with van der Waals surface area (Å²) in [7, 11) is 0. The topological polar surface area (TPSA) is 129 Å². The Morgan fingerprint density at radius 3 is 2.19 bits per heavy atom. The lowest BCUT2D eigenvalue weighted by molar-refractivity contribution is -0.135. The van der Waals surface area contributed by atoms with E-state index < -0.39 is 43.5 Å². The number of rotatable bonds is 11. The molecule has 0 radical (unpaired) electrons. The van der Waals surface area contributed by atoms with Crippen LogP contribution in [0.3, 0.4) is 0 Å². The Bertz CT molecular complexity index is 1430. The van der Waals surface area contributed by atoms with Gasteiger partial charge in [-0.25, -0.2) is 9.59 Å². The number of nitrogens with one attached hydrogen (secondary N) is 4. The van der Waals surface area contributed by atoms with Crippen molar-refractivity contribution in [2.75, 3.05) is 18.4 Å². The number of halogens is 4. The molecule has 0 aliphatic rings. The molecule has 3 aromatic carbocycles. The summed E-state index contributed by atoms with van der Waals surface area (Å²) in [6.45, 7) is 4.98. The van der Waals surface area contributed by atoms with E-state index in [0.717, 1.165) is 17.5 Å². The van der Waals surface area contributed by atoms with E-state index in [1.54, 1.807) is 48.5 Å². The van der Waals surface area contributed by atoms with E-state index in [2.05, 4.69) is 10.6 Å². The number of carbonyl (C=O) groups is 2. The zero-order valence-corrected chi connectivity index (χ0v) is 24.9. The Morgan fingerprint density at radius 2 is 1.60 bits per heavy atom. The van der Waals surface area contributed by atoms with Crippen LogP contribution in [0.1, 0.15) is 59.8 Å². The number of aromatic carboxylic acids is 1. The molecule has 3 rings (SSSR count). The van der Waals surface area contributed by atoms with Crippen molar-refractivity contribution in [2.24, 2.45) is 0 Å². The third kappa shape index (κ3) is 10.4. The molecule has 2 amide bonds. The molecule has 0 unspecified atom stereocenters. The van der Waals surface area contributed by atoms with Crippen LogP contribution in [0.25, 0.3) is 0 Å². The molecule has 0 bridgehead atoms. The van der Waals surface area contributed by atoms with Gasteiger partial charge in [-0.3, -0.25) is 10.3 Å². The highest BCUT2D eigenvalue weighted by Gasteiger charge is 2.31. The molecule has 0 saturated carbocycles. The van der Waals surface area contributed by atoms with E-state index >= 15 is 0 Å². The molecular formula is C31H35ClF3N5O3. The first-order chi connectivity index (χ1) is 20.4. The summed E-state index contributed by atoms with van der Waals surface area (Å²) in [6.07, 6.45) is -5.14. The molecule has 0 aliphatic heterocycles. The molecule has 3 aromatic rings. The van der Waals surface area contributed by atoms with Crippen molar-refractivity contribution >= 4 is 40.8 Å². The Balaban J connectivity index is 0.00000316. The Morgan fingerprint density at radius 1 is 0.977 bits per heavy atom. The van der Waals surface area contributed by atoms with Gasteiger partial charge >= 0.3 is 18.2 Å². The van der Waals surface area contributed by atoms with Gasteiger partial charge in [-0.05, 0) is 35.7 Å². The predicted octanol–water partition coefficient (Wildman–Crippen LogP) is 7.60. The largest absolute Gasteiger partial charge is 0.478 e. The first-order valence-electron chi connectivity index (χ1n) is 13.6. The molecule has 0 aliphatic carbocycles. The summed E-state index contributed by atoms with van der Waals surface area (Å²) in [5.41, 5.74) is 2.36. The lowest BCUT2D eigenvalue weighted by atomic mass is 10.0. The van der Waals surface area contributed by atoms with Crippen molar-refractivity contribution in [2.45, 2.75) is 46.3 Å². The van der Waals surface area contributed by atoms with Crippen molar-refractivity contribution in [3.05, 3.63) is 99.6 Å². The second-order valence-electron chi connectivity index (χ2n) is 9.06. The van der Waals surface area contributed by atoms with Crippen molar-refractivity contribution in [3.8, 4) is 0 Å². The van der Waals surface area contributed by atoms with Crippen molar-refractivity contribution in [3.63, 3.8) is 0 Å². The number of urea groups is 1. The monoisotopic (exact) mass is 617 g/mol. The lowest BCUT2D eigenvalue weighted by Gasteiger charge is -2.25. The van der Waals surface area contributed by atoms with E-state index in [9.17, 15) is 27.9 Å². The summed E-state index contributed by atoms with van der Waals surface area (Å²) in [5, 5.41) is 32.4. The number of amidine groups is 1. The molecule has 0 atom stereocenters. The average Bonchev–Trinajstić information content (AvgIpc) is 2.99. The number of hydrogen-bond donors (Lipinski definition) is 5. The van der Waals surface area contributed by atoms with Gasteiger partial charge < -0.3 is 21.1 Å². The number of carboxylic acids is 1. The highest BCUT2D eigenvalue weighted by atomic mass is 35.5. The van der Waals surface area contributed by atoms with E-state index in [1.165, 1.54) is 18.2 Å². The highest BCUT2D eigenvalue weighted by Crippen LogP contribution is 2.23. The molecule has 12 heteroatoms. The Hall–Kier alpha value is -4.38. The van der Waals surface area contributed by atoms with Crippen LogP contribution in [0.5, 0.6) is 0 Å².